The van der Waals surface area contributed by atoms with Gasteiger partial charge in [0.25, 0.3) is 5.91 Å². The second kappa shape index (κ2) is 6.64. The lowest BCUT2D eigenvalue weighted by Gasteiger charge is -2.06. The molecular weight excluding hydrogens is 352 g/mol. The number of amides is 1. The van der Waals surface area contributed by atoms with Crippen molar-refractivity contribution >= 4 is 34.0 Å². The van der Waals surface area contributed by atoms with Crippen LogP contribution in [0.3, 0.4) is 0 Å². The van der Waals surface area contributed by atoms with Crippen molar-refractivity contribution in [1.82, 2.24) is 15.2 Å². The van der Waals surface area contributed by atoms with Gasteiger partial charge in [0.05, 0.1) is 27.8 Å². The van der Waals surface area contributed by atoms with E-state index in [2.05, 4.69) is 20.5 Å². The topological polar surface area (TPSA) is 93.0 Å². The molecule has 0 radical (unpaired) electrons. The molecule has 0 aliphatic heterocycles. The normalized spacial score (nSPS) is 11.0. The maximum absolute atomic E-state index is 12.6. The lowest BCUT2D eigenvalue weighted by atomic mass is 10.1. The summed E-state index contributed by atoms with van der Waals surface area (Å²) in [5, 5.41) is 10.0. The summed E-state index contributed by atoms with van der Waals surface area (Å²) < 4.78 is 11.6. The summed E-state index contributed by atoms with van der Waals surface area (Å²) in [5.41, 5.74) is 3.89. The first-order valence-corrected chi connectivity index (χ1v) is 8.85. The van der Waals surface area contributed by atoms with Crippen LogP contribution in [0.1, 0.15) is 26.7 Å². The number of nitrogens with zero attached hydrogens (tertiary/aromatic N) is 2. The van der Waals surface area contributed by atoms with Gasteiger partial charge in [0.2, 0.25) is 0 Å². The van der Waals surface area contributed by atoms with E-state index < -0.39 is 0 Å². The lowest BCUT2D eigenvalue weighted by Crippen LogP contribution is -2.12. The van der Waals surface area contributed by atoms with Crippen molar-refractivity contribution in [3.8, 4) is 5.75 Å². The molecular formula is C18H16N4O3S. The van der Waals surface area contributed by atoms with Crippen LogP contribution in [-0.2, 0) is 6.61 Å². The van der Waals surface area contributed by atoms with E-state index in [1.54, 1.807) is 36.0 Å². The molecule has 4 aromatic rings. The summed E-state index contributed by atoms with van der Waals surface area (Å²) in [6.07, 6.45) is 1.57. The van der Waals surface area contributed by atoms with Crippen LogP contribution in [0.25, 0.3) is 11.0 Å². The predicted octanol–water partition coefficient (Wildman–Crippen LogP) is 4.06. The van der Waals surface area contributed by atoms with Crippen molar-refractivity contribution in [1.29, 1.82) is 0 Å². The number of hydrogen-bond acceptors (Lipinski definition) is 6. The standard InChI is InChI=1S/C18H16N4O3S/c1-10-15(26-9-19-10)8-24-12-3-4-14-13(7-12)17(11(2)25-14)18(23)21-16-5-6-20-22-16/h3-7,9H,8H2,1-2H3,(H2,20,21,22,23). The van der Waals surface area contributed by atoms with Crippen molar-refractivity contribution in [2.45, 2.75) is 20.5 Å². The van der Waals surface area contributed by atoms with Crippen LogP contribution in [-0.4, -0.2) is 21.1 Å². The molecule has 0 spiro atoms. The number of benzene rings is 1. The molecule has 1 amide bonds. The Morgan fingerprint density at radius 1 is 1.35 bits per heavy atom. The number of aryl methyl sites for hydroxylation is 2. The maximum atomic E-state index is 12.6. The third-order valence-corrected chi connectivity index (χ3v) is 4.93. The van der Waals surface area contributed by atoms with Gasteiger partial charge in [-0.3, -0.25) is 9.89 Å². The van der Waals surface area contributed by atoms with Crippen LogP contribution in [0.2, 0.25) is 0 Å². The Labute approximate surface area is 153 Å². The molecule has 0 fully saturated rings. The highest BCUT2D eigenvalue weighted by molar-refractivity contribution is 7.09. The largest absolute Gasteiger partial charge is 0.488 e. The van der Waals surface area contributed by atoms with Gasteiger partial charge >= 0.3 is 0 Å². The van der Waals surface area contributed by atoms with Crippen LogP contribution in [0.4, 0.5) is 5.82 Å². The molecule has 8 heteroatoms. The van der Waals surface area contributed by atoms with E-state index in [1.165, 1.54) is 0 Å². The molecule has 26 heavy (non-hydrogen) atoms. The number of hydrogen-bond donors (Lipinski definition) is 2. The van der Waals surface area contributed by atoms with Crippen molar-refractivity contribution in [2.75, 3.05) is 5.32 Å². The van der Waals surface area contributed by atoms with E-state index in [0.717, 1.165) is 10.6 Å². The first-order chi connectivity index (χ1) is 12.6. The summed E-state index contributed by atoms with van der Waals surface area (Å²) in [4.78, 5) is 17.9. The number of thiazole rings is 1. The molecule has 0 aliphatic carbocycles. The Bertz CT molecular complexity index is 1070. The van der Waals surface area contributed by atoms with Crippen molar-refractivity contribution in [2.24, 2.45) is 0 Å². The highest BCUT2D eigenvalue weighted by atomic mass is 32.1. The molecule has 1 aromatic carbocycles. The van der Waals surface area contributed by atoms with Crippen LogP contribution in [0, 0.1) is 13.8 Å². The molecule has 0 aliphatic rings. The predicted molar refractivity (Wildman–Crippen MR) is 98.7 cm³/mol. The molecule has 3 heterocycles. The highest BCUT2D eigenvalue weighted by Gasteiger charge is 2.19. The minimum Gasteiger partial charge on any atom is -0.488 e. The van der Waals surface area contributed by atoms with Gasteiger partial charge in [-0.15, -0.1) is 11.3 Å². The molecule has 3 aromatic heterocycles. The summed E-state index contributed by atoms with van der Waals surface area (Å²) in [7, 11) is 0. The summed E-state index contributed by atoms with van der Waals surface area (Å²) in [6, 6.07) is 7.15. The second-order valence-electron chi connectivity index (χ2n) is 5.77. The highest BCUT2D eigenvalue weighted by Crippen LogP contribution is 2.30. The van der Waals surface area contributed by atoms with Gasteiger partial charge in [0, 0.05) is 11.5 Å². The fourth-order valence-corrected chi connectivity index (χ4v) is 3.38. The van der Waals surface area contributed by atoms with Gasteiger partial charge in [-0.25, -0.2) is 4.98 Å². The molecule has 0 bridgehead atoms. The number of nitrogens with one attached hydrogen (secondary N) is 2. The minimum absolute atomic E-state index is 0.263. The zero-order valence-electron chi connectivity index (χ0n) is 14.2. The number of fused-ring (bicyclic) bond motifs is 1. The van der Waals surface area contributed by atoms with Crippen LogP contribution >= 0.6 is 11.3 Å². The third kappa shape index (κ3) is 3.06. The molecule has 0 atom stereocenters. The number of ether oxygens (including phenoxy) is 1. The zero-order valence-corrected chi connectivity index (χ0v) is 15.0. The summed E-state index contributed by atoms with van der Waals surface area (Å²) in [6.45, 7) is 4.16. The average molecular weight is 368 g/mol. The fourth-order valence-electron chi connectivity index (χ4n) is 2.70. The van der Waals surface area contributed by atoms with Crippen molar-refractivity contribution in [3.05, 3.63) is 57.9 Å². The van der Waals surface area contributed by atoms with Crippen LogP contribution in [0.15, 0.2) is 40.4 Å². The van der Waals surface area contributed by atoms with Gasteiger partial charge in [0.1, 0.15) is 29.5 Å². The van der Waals surface area contributed by atoms with E-state index in [0.29, 0.717) is 40.5 Å². The van der Waals surface area contributed by atoms with Gasteiger partial charge in [0.15, 0.2) is 0 Å². The van der Waals surface area contributed by atoms with Gasteiger partial charge in [-0.05, 0) is 32.0 Å². The number of rotatable bonds is 5. The van der Waals surface area contributed by atoms with Crippen molar-refractivity contribution < 1.29 is 13.9 Å². The molecule has 7 nitrogen and oxygen atoms in total. The van der Waals surface area contributed by atoms with E-state index in [-0.39, 0.29) is 5.91 Å². The van der Waals surface area contributed by atoms with Gasteiger partial charge in [-0.2, -0.15) is 5.10 Å². The quantitative estimate of drug-likeness (QED) is 0.554. The third-order valence-electron chi connectivity index (χ3n) is 4.03. The number of carbonyl (C=O) groups is 1. The Morgan fingerprint density at radius 3 is 2.96 bits per heavy atom. The zero-order chi connectivity index (χ0) is 18.1. The summed E-state index contributed by atoms with van der Waals surface area (Å²) in [5.74, 6) is 1.48. The van der Waals surface area contributed by atoms with E-state index in [1.807, 2.05) is 25.1 Å². The van der Waals surface area contributed by atoms with Gasteiger partial charge in [-0.1, -0.05) is 0 Å². The number of carbonyl (C=O) groups excluding carboxylic acids is 1. The smallest absolute Gasteiger partial charge is 0.260 e. The average Bonchev–Trinajstić information content (AvgIpc) is 3.32. The Kier molecular flexibility index (Phi) is 4.18. The second-order valence-corrected chi connectivity index (χ2v) is 6.70. The van der Waals surface area contributed by atoms with E-state index >= 15 is 0 Å². The molecule has 132 valence electrons. The lowest BCUT2D eigenvalue weighted by molar-refractivity contribution is 0.102. The molecule has 2 N–H and O–H groups in total. The number of anilines is 1. The summed E-state index contributed by atoms with van der Waals surface area (Å²) >= 11 is 1.56. The Morgan fingerprint density at radius 2 is 2.23 bits per heavy atom. The van der Waals surface area contributed by atoms with Gasteiger partial charge < -0.3 is 14.5 Å². The number of aromatic nitrogens is 3. The maximum Gasteiger partial charge on any atom is 0.260 e. The molecule has 0 saturated heterocycles. The monoisotopic (exact) mass is 368 g/mol. The Hall–Kier alpha value is -3.13. The van der Waals surface area contributed by atoms with Crippen LogP contribution in [0.5, 0.6) is 5.75 Å². The number of furan rings is 1. The molecule has 0 unspecified atom stereocenters. The first kappa shape index (κ1) is 16.3. The molecule has 0 saturated carbocycles. The minimum atomic E-state index is -0.263. The molecule has 4 rings (SSSR count). The van der Waals surface area contributed by atoms with Crippen LogP contribution < -0.4 is 10.1 Å². The van der Waals surface area contributed by atoms with Crippen molar-refractivity contribution in [3.63, 3.8) is 0 Å². The first-order valence-electron chi connectivity index (χ1n) is 7.97. The number of aromatic amines is 1. The number of H-pyrrole nitrogens is 1. The Balaban J connectivity index is 1.62. The van der Waals surface area contributed by atoms with E-state index in [9.17, 15) is 4.79 Å². The van der Waals surface area contributed by atoms with E-state index in [4.69, 9.17) is 9.15 Å². The fraction of sp³-hybridized carbons (Fsp3) is 0.167. The SMILES string of the molecule is Cc1ncsc1COc1ccc2oc(C)c(C(=O)Nc3ccn[nH]3)c2c1.